The Morgan fingerprint density at radius 3 is 2.81 bits per heavy atom. The zero-order valence-corrected chi connectivity index (χ0v) is 16.4. The maximum absolute atomic E-state index is 11.7. The molecule has 1 aliphatic rings. The third-order valence-electron chi connectivity index (χ3n) is 4.26. The molecule has 0 unspecified atom stereocenters. The van der Waals surface area contributed by atoms with E-state index in [2.05, 4.69) is 43.4 Å². The molecule has 1 fully saturated rings. The second-order valence-corrected chi connectivity index (χ2v) is 7.15. The highest BCUT2D eigenvalue weighted by Gasteiger charge is 2.29. The van der Waals surface area contributed by atoms with Crippen molar-refractivity contribution in [3.05, 3.63) is 46.6 Å². The van der Waals surface area contributed by atoms with Crippen LogP contribution in [0.2, 0.25) is 0 Å². The molecule has 8 heteroatoms. The number of phenolic OH excluding ortho intramolecular Hbond substituents is 1. The van der Waals surface area contributed by atoms with E-state index < -0.39 is 0 Å². The van der Waals surface area contributed by atoms with Crippen LogP contribution in [0.5, 0.6) is 5.75 Å². The summed E-state index contributed by atoms with van der Waals surface area (Å²) >= 11 is 3.41. The van der Waals surface area contributed by atoms with E-state index >= 15 is 0 Å². The maximum atomic E-state index is 11.7. The molecule has 1 saturated carbocycles. The molecule has 3 N–H and O–H groups in total. The number of halogens is 1. The quantitative estimate of drug-likeness (QED) is 0.420. The van der Waals surface area contributed by atoms with Gasteiger partial charge < -0.3 is 15.7 Å². The minimum atomic E-state index is 0.117. The number of hydrogen-bond donors (Lipinski definition) is 3. The average Bonchev–Trinajstić information content (AvgIpc) is 3.45. The van der Waals surface area contributed by atoms with Gasteiger partial charge in [-0.25, -0.2) is 4.99 Å². The molecule has 0 saturated heterocycles. The van der Waals surface area contributed by atoms with Crippen LogP contribution >= 0.6 is 15.9 Å². The molecule has 7 nitrogen and oxygen atoms in total. The number of aromatic nitrogens is 2. The zero-order chi connectivity index (χ0) is 19.2. The number of benzene rings is 1. The molecule has 1 heterocycles. The van der Waals surface area contributed by atoms with E-state index in [9.17, 15) is 9.90 Å². The van der Waals surface area contributed by atoms with Crippen LogP contribution in [0.15, 0.2) is 46.0 Å². The number of hydrogen-bond acceptors (Lipinski definition) is 5. The smallest absolute Gasteiger partial charge is 0.223 e. The van der Waals surface area contributed by atoms with Crippen molar-refractivity contribution in [2.24, 2.45) is 10.9 Å². The van der Waals surface area contributed by atoms with Crippen LogP contribution < -0.4 is 10.6 Å². The molecular weight excluding hydrogens is 410 g/mol. The van der Waals surface area contributed by atoms with Crippen molar-refractivity contribution >= 4 is 40.2 Å². The van der Waals surface area contributed by atoms with Gasteiger partial charge in [0, 0.05) is 19.0 Å². The summed E-state index contributed by atoms with van der Waals surface area (Å²) in [6, 6.07) is 7.19. The molecule has 1 aliphatic carbocycles. The van der Waals surface area contributed by atoms with Crippen molar-refractivity contribution in [3.8, 4) is 5.75 Å². The van der Waals surface area contributed by atoms with Crippen molar-refractivity contribution in [1.29, 1.82) is 0 Å². The largest absolute Gasteiger partial charge is 0.508 e. The van der Waals surface area contributed by atoms with Gasteiger partial charge in [-0.2, -0.15) is 9.78 Å². The molecule has 3 rings (SSSR count). The molecular formula is C19H22BrN5O2. The number of para-hydroxylation sites is 1. The topological polar surface area (TPSA) is 91.5 Å². The lowest BCUT2D eigenvalue weighted by molar-refractivity contribution is -0.122. The van der Waals surface area contributed by atoms with E-state index in [4.69, 9.17) is 0 Å². The second kappa shape index (κ2) is 8.85. The molecule has 0 atom stereocenters. The molecule has 0 aliphatic heterocycles. The maximum Gasteiger partial charge on any atom is 0.223 e. The van der Waals surface area contributed by atoms with E-state index in [1.165, 1.54) is 0 Å². The molecule has 0 bridgehead atoms. The number of allylic oxidation sites excluding steroid dienone is 1. The van der Waals surface area contributed by atoms with E-state index in [1.54, 1.807) is 23.0 Å². The SMILES string of the molecule is C=Nc1c(Br)cnn1/C(=C\Cc1ccccc1O)NCCNC(=O)C1CC1. The van der Waals surface area contributed by atoms with E-state index in [0.717, 1.165) is 22.9 Å². The van der Waals surface area contributed by atoms with E-state index in [-0.39, 0.29) is 17.6 Å². The summed E-state index contributed by atoms with van der Waals surface area (Å²) in [6.45, 7) is 4.65. The van der Waals surface area contributed by atoms with Gasteiger partial charge in [-0.05, 0) is 59.6 Å². The van der Waals surface area contributed by atoms with Gasteiger partial charge in [0.05, 0.1) is 10.7 Å². The van der Waals surface area contributed by atoms with Gasteiger partial charge in [-0.3, -0.25) is 4.79 Å². The Hall–Kier alpha value is -2.61. The highest BCUT2D eigenvalue weighted by atomic mass is 79.9. The average molecular weight is 432 g/mol. The van der Waals surface area contributed by atoms with Gasteiger partial charge in [0.15, 0.2) is 5.82 Å². The van der Waals surface area contributed by atoms with Crippen LogP contribution in [0.25, 0.3) is 5.82 Å². The number of carbonyl (C=O) groups is 1. The Bertz CT molecular complexity index is 858. The first kappa shape index (κ1) is 19.2. The minimum Gasteiger partial charge on any atom is -0.508 e. The Kier molecular flexibility index (Phi) is 6.28. The van der Waals surface area contributed by atoms with E-state index in [0.29, 0.717) is 31.1 Å². The predicted molar refractivity (Wildman–Crippen MR) is 109 cm³/mol. The van der Waals surface area contributed by atoms with Crippen molar-refractivity contribution < 1.29 is 9.90 Å². The Labute approximate surface area is 166 Å². The van der Waals surface area contributed by atoms with Crippen LogP contribution in [0.1, 0.15) is 18.4 Å². The van der Waals surface area contributed by atoms with Gasteiger partial charge in [0.2, 0.25) is 5.91 Å². The number of rotatable bonds is 9. The summed E-state index contributed by atoms with van der Waals surface area (Å²) in [4.78, 5) is 15.8. The molecule has 2 aromatic rings. The van der Waals surface area contributed by atoms with Crippen molar-refractivity contribution in [3.63, 3.8) is 0 Å². The predicted octanol–water partition coefficient (Wildman–Crippen LogP) is 2.84. The second-order valence-electron chi connectivity index (χ2n) is 6.30. The fourth-order valence-electron chi connectivity index (χ4n) is 2.63. The molecule has 1 aromatic carbocycles. The molecule has 27 heavy (non-hydrogen) atoms. The fourth-order valence-corrected chi connectivity index (χ4v) is 3.02. The van der Waals surface area contributed by atoms with Gasteiger partial charge >= 0.3 is 0 Å². The standard InChI is InChI=1S/C19H22BrN5O2/c1-21-18-15(20)12-24-25(18)17(9-8-13-4-2-3-5-16(13)26)22-10-11-23-19(27)14-6-7-14/h2-5,9,12,14,22,26H,1,6-8,10-11H2,(H,23,27)/b17-9-. The number of phenols is 1. The Morgan fingerprint density at radius 2 is 2.11 bits per heavy atom. The lowest BCUT2D eigenvalue weighted by Crippen LogP contribution is -2.33. The number of aromatic hydroxyl groups is 1. The number of aliphatic imine (C=N–C) groups is 1. The number of carbonyl (C=O) groups excluding carboxylic acids is 1. The summed E-state index contributed by atoms with van der Waals surface area (Å²) in [5.74, 6) is 1.83. The first-order valence-corrected chi connectivity index (χ1v) is 9.58. The summed E-state index contributed by atoms with van der Waals surface area (Å²) in [5, 5.41) is 20.5. The molecule has 1 aromatic heterocycles. The van der Waals surface area contributed by atoms with Crippen LogP contribution in [-0.2, 0) is 11.2 Å². The fraction of sp³-hybridized carbons (Fsp3) is 0.316. The molecule has 0 radical (unpaired) electrons. The summed E-state index contributed by atoms with van der Waals surface area (Å²) in [7, 11) is 0. The first-order valence-electron chi connectivity index (χ1n) is 8.79. The number of nitrogens with zero attached hydrogens (tertiary/aromatic N) is 3. The summed E-state index contributed by atoms with van der Waals surface area (Å²) in [6.07, 6.45) is 6.05. The monoisotopic (exact) mass is 431 g/mol. The molecule has 0 spiro atoms. The highest BCUT2D eigenvalue weighted by Crippen LogP contribution is 2.29. The lowest BCUT2D eigenvalue weighted by atomic mass is 10.1. The first-order chi connectivity index (χ1) is 13.1. The van der Waals surface area contributed by atoms with Gasteiger partial charge in [0.25, 0.3) is 0 Å². The Balaban J connectivity index is 1.71. The zero-order valence-electron chi connectivity index (χ0n) is 14.9. The summed E-state index contributed by atoms with van der Waals surface area (Å²) in [5.41, 5.74) is 0.804. The van der Waals surface area contributed by atoms with Crippen LogP contribution in [0, 0.1) is 5.92 Å². The minimum absolute atomic E-state index is 0.117. The van der Waals surface area contributed by atoms with Crippen LogP contribution in [-0.4, -0.2) is 40.6 Å². The normalized spacial score (nSPS) is 14.0. The third-order valence-corrected chi connectivity index (χ3v) is 4.82. The van der Waals surface area contributed by atoms with Crippen molar-refractivity contribution in [2.45, 2.75) is 19.3 Å². The number of nitrogens with one attached hydrogen (secondary N) is 2. The van der Waals surface area contributed by atoms with E-state index in [1.807, 2.05) is 18.2 Å². The number of amides is 1. The Morgan fingerprint density at radius 1 is 1.37 bits per heavy atom. The highest BCUT2D eigenvalue weighted by molar-refractivity contribution is 9.10. The summed E-state index contributed by atoms with van der Waals surface area (Å²) < 4.78 is 2.37. The van der Waals surface area contributed by atoms with Gasteiger partial charge in [-0.1, -0.05) is 18.2 Å². The van der Waals surface area contributed by atoms with Gasteiger partial charge in [0.1, 0.15) is 11.6 Å². The third kappa shape index (κ3) is 4.97. The molecule has 142 valence electrons. The van der Waals surface area contributed by atoms with Crippen LogP contribution in [0.3, 0.4) is 0 Å². The molecule has 1 amide bonds. The van der Waals surface area contributed by atoms with Crippen LogP contribution in [0.4, 0.5) is 5.82 Å². The van der Waals surface area contributed by atoms with Crippen molar-refractivity contribution in [2.75, 3.05) is 13.1 Å². The lowest BCUT2D eigenvalue weighted by Gasteiger charge is -2.14. The van der Waals surface area contributed by atoms with Gasteiger partial charge in [-0.15, -0.1) is 0 Å². The van der Waals surface area contributed by atoms with Crippen molar-refractivity contribution in [1.82, 2.24) is 20.4 Å².